The Kier molecular flexibility index (Phi) is 12.7. The van der Waals surface area contributed by atoms with E-state index in [0.29, 0.717) is 19.2 Å². The molecule has 2 heteroatoms. The molecule has 0 aromatic heterocycles. The molecule has 2 atom stereocenters. The molecular weight excluding hydrogens is 807 g/mol. The molecule has 52 heavy (non-hydrogen) atoms. The number of hydrogen-bond acceptors (Lipinski definition) is 0. The first kappa shape index (κ1) is 39.1. The number of hydrogen-bond donors (Lipinski definition) is 0. The van der Waals surface area contributed by atoms with Gasteiger partial charge >= 0.3 is 321 Å². The second-order valence-electron chi connectivity index (χ2n) is 17.7. The molecule has 0 spiro atoms. The van der Waals surface area contributed by atoms with Gasteiger partial charge in [0.25, 0.3) is 0 Å². The quantitative estimate of drug-likeness (QED) is 0.0777. The SMILES string of the molecule is CCCCCC[Si](CCCCCC)=[Hf]([CH3])([CH3])([CH]1C=Cc2c(-c3ccc(C(C)C)cc3)cccc21)[CH]1C=Cc2c(-c3ccc(C(C)C)cc3)cccc21. The average molecular weight is 874 g/mol. The number of allylic oxidation sites excluding steroid dienone is 2. The van der Waals surface area contributed by atoms with Crippen LogP contribution in [0.5, 0.6) is 0 Å². The van der Waals surface area contributed by atoms with Crippen LogP contribution < -0.4 is 0 Å². The van der Waals surface area contributed by atoms with Crippen LogP contribution in [0.1, 0.15) is 145 Å². The van der Waals surface area contributed by atoms with Crippen molar-refractivity contribution in [3.63, 3.8) is 0 Å². The fourth-order valence-electron chi connectivity index (χ4n) is 9.90. The van der Waals surface area contributed by atoms with Gasteiger partial charge in [-0.15, -0.1) is 0 Å². The van der Waals surface area contributed by atoms with Crippen LogP contribution >= 0.6 is 0 Å². The van der Waals surface area contributed by atoms with Gasteiger partial charge in [0.05, 0.1) is 0 Å². The van der Waals surface area contributed by atoms with Crippen molar-refractivity contribution in [2.75, 3.05) is 0 Å². The van der Waals surface area contributed by atoms with Crippen molar-refractivity contribution in [2.45, 2.75) is 134 Å². The van der Waals surface area contributed by atoms with E-state index in [0.717, 1.165) is 0 Å². The molecule has 274 valence electrons. The second kappa shape index (κ2) is 16.9. The Bertz CT molecular complexity index is 1820. The van der Waals surface area contributed by atoms with Crippen LogP contribution in [0.3, 0.4) is 0 Å². The zero-order valence-corrected chi connectivity index (χ0v) is 38.4. The summed E-state index contributed by atoms with van der Waals surface area (Å²) in [7, 11) is 0. The monoisotopic (exact) mass is 874 g/mol. The summed E-state index contributed by atoms with van der Waals surface area (Å²) in [5.41, 5.74) is 14.0. The minimum absolute atomic E-state index is 0.549. The Labute approximate surface area is 318 Å². The van der Waals surface area contributed by atoms with E-state index >= 15 is 0 Å². The number of rotatable bonds is 16. The van der Waals surface area contributed by atoms with Crippen molar-refractivity contribution < 1.29 is 17.1 Å². The molecule has 0 saturated heterocycles. The van der Waals surface area contributed by atoms with Crippen molar-refractivity contribution in [3.8, 4) is 22.3 Å². The molecule has 0 heterocycles. The maximum atomic E-state index is 2.98. The van der Waals surface area contributed by atoms with Gasteiger partial charge in [-0.05, 0) is 0 Å². The molecular formula is C50H66HfSi. The Balaban J connectivity index is 1.53. The van der Waals surface area contributed by atoms with Crippen LogP contribution in [0.15, 0.2) is 97.1 Å². The number of fused-ring (bicyclic) bond motifs is 2. The van der Waals surface area contributed by atoms with E-state index in [2.05, 4.69) is 160 Å². The van der Waals surface area contributed by atoms with E-state index in [1.54, 1.807) is 11.1 Å². The van der Waals surface area contributed by atoms with Crippen molar-refractivity contribution in [3.05, 3.63) is 130 Å². The Hall–Kier alpha value is -2.55. The molecule has 2 unspecified atom stereocenters. The molecule has 0 nitrogen and oxygen atoms in total. The van der Waals surface area contributed by atoms with Crippen molar-refractivity contribution >= 4 is 17.6 Å². The predicted octanol–water partition coefficient (Wildman–Crippen LogP) is 16.0. The van der Waals surface area contributed by atoms with Gasteiger partial charge in [0, 0.05) is 0 Å². The van der Waals surface area contributed by atoms with Gasteiger partial charge in [-0.1, -0.05) is 0 Å². The zero-order valence-electron chi connectivity index (χ0n) is 33.8. The van der Waals surface area contributed by atoms with Gasteiger partial charge in [-0.3, -0.25) is 0 Å². The summed E-state index contributed by atoms with van der Waals surface area (Å²) < 4.78 is 7.10. The summed E-state index contributed by atoms with van der Waals surface area (Å²) >= 11 is -4.00. The first-order valence-corrected chi connectivity index (χ1v) is 39.6. The van der Waals surface area contributed by atoms with Crippen molar-refractivity contribution in [1.82, 2.24) is 0 Å². The molecule has 0 saturated carbocycles. The second-order valence-corrected chi connectivity index (χ2v) is 63.6. The zero-order chi connectivity index (χ0) is 36.9. The van der Waals surface area contributed by atoms with E-state index in [4.69, 9.17) is 0 Å². The molecule has 0 radical (unpaired) electrons. The van der Waals surface area contributed by atoms with Gasteiger partial charge in [-0.2, -0.15) is 0 Å². The third-order valence-corrected chi connectivity index (χ3v) is 69.4. The fraction of sp³-hybridized carbons (Fsp3) is 0.440. The molecule has 2 aliphatic carbocycles. The summed E-state index contributed by atoms with van der Waals surface area (Å²) in [5.74, 6) is 1.10. The Morgan fingerprint density at radius 3 is 1.29 bits per heavy atom. The summed E-state index contributed by atoms with van der Waals surface area (Å²) in [5, 5.41) is 0. The standard InChI is InChI=1S/2C18H17.C12H26Si.2CH3.Hf/c2*1-13(2)14-9-11-16(12-10-14)18-8-4-6-15-5-3-7-17(15)18;1-3-5-7-9-11-13-12-10-8-6-4-2;;;/h2*3-13H,1-2H3;3-12H2,1-2H3;2*1H3;. The van der Waals surface area contributed by atoms with Gasteiger partial charge in [0.1, 0.15) is 0 Å². The fourth-order valence-corrected chi connectivity index (χ4v) is 63.4. The molecule has 0 aliphatic heterocycles. The molecule has 2 aliphatic rings. The Morgan fingerprint density at radius 1 is 0.519 bits per heavy atom. The maximum absolute atomic E-state index is 4.00. The first-order valence-electron chi connectivity index (χ1n) is 21.0. The molecule has 0 fully saturated rings. The molecule has 0 bridgehead atoms. The molecule has 6 rings (SSSR count). The van der Waals surface area contributed by atoms with E-state index in [1.165, 1.54) is 108 Å². The van der Waals surface area contributed by atoms with E-state index < -0.39 is 22.6 Å². The van der Waals surface area contributed by atoms with Crippen molar-refractivity contribution in [2.24, 2.45) is 0 Å². The molecule has 0 N–H and O–H groups in total. The van der Waals surface area contributed by atoms with Crippen LogP contribution in [-0.4, -0.2) is 5.49 Å². The van der Waals surface area contributed by atoms with Gasteiger partial charge < -0.3 is 0 Å². The molecule has 0 amide bonds. The topological polar surface area (TPSA) is 0 Å². The third kappa shape index (κ3) is 7.68. The van der Waals surface area contributed by atoms with Crippen LogP contribution in [0.2, 0.25) is 21.4 Å². The van der Waals surface area contributed by atoms with Crippen molar-refractivity contribution in [1.29, 1.82) is 0 Å². The number of benzene rings is 4. The predicted molar refractivity (Wildman–Crippen MR) is 231 cm³/mol. The first-order chi connectivity index (χ1) is 25.1. The van der Waals surface area contributed by atoms with Gasteiger partial charge in [-0.25, -0.2) is 0 Å². The van der Waals surface area contributed by atoms with Crippen LogP contribution in [-0.2, 0) is 17.1 Å². The van der Waals surface area contributed by atoms with Crippen LogP contribution in [0, 0.1) is 0 Å². The van der Waals surface area contributed by atoms with E-state index in [-0.39, 0.29) is 0 Å². The van der Waals surface area contributed by atoms with Crippen LogP contribution in [0.25, 0.3) is 34.4 Å². The average Bonchev–Trinajstić information content (AvgIpc) is 3.81. The summed E-state index contributed by atoms with van der Waals surface area (Å²) in [6.45, 7) is 13.9. The van der Waals surface area contributed by atoms with Crippen LogP contribution in [0.4, 0.5) is 0 Å². The van der Waals surface area contributed by atoms with E-state index in [1.807, 2.05) is 0 Å². The van der Waals surface area contributed by atoms with E-state index in [9.17, 15) is 0 Å². The minimum atomic E-state index is -4.00. The summed E-state index contributed by atoms with van der Waals surface area (Å²) in [6, 6.07) is 36.5. The van der Waals surface area contributed by atoms with Gasteiger partial charge in [0.15, 0.2) is 0 Å². The Morgan fingerprint density at radius 2 is 0.923 bits per heavy atom. The molecule has 4 aromatic carbocycles. The normalized spacial score (nSPS) is 16.6. The summed E-state index contributed by atoms with van der Waals surface area (Å²) in [4.78, 5) is 0. The summed E-state index contributed by atoms with van der Waals surface area (Å²) in [6.07, 6.45) is 21.6. The number of unbranched alkanes of at least 4 members (excludes halogenated alkanes) is 6. The third-order valence-electron chi connectivity index (χ3n) is 13.3. The molecule has 4 aromatic rings. The van der Waals surface area contributed by atoms with Gasteiger partial charge in [0.2, 0.25) is 0 Å².